The predicted octanol–water partition coefficient (Wildman–Crippen LogP) is -2.44. The normalized spacial score (nSPS) is 19.0. The summed E-state index contributed by atoms with van der Waals surface area (Å²) in [7, 11) is -24.1. The molecule has 12 nitrogen and oxygen atoms in total. The van der Waals surface area contributed by atoms with E-state index in [-0.39, 0.29) is 0 Å². The molecule has 0 saturated heterocycles. The summed E-state index contributed by atoms with van der Waals surface area (Å²) in [6.07, 6.45) is 3.86. The van der Waals surface area contributed by atoms with Crippen molar-refractivity contribution in [2.75, 3.05) is 37.5 Å². The second kappa shape index (κ2) is 9.29. The van der Waals surface area contributed by atoms with Crippen molar-refractivity contribution in [3.8, 4) is 0 Å². The fourth-order valence-electron chi connectivity index (χ4n) is 2.33. The van der Waals surface area contributed by atoms with Crippen molar-refractivity contribution in [3.63, 3.8) is 0 Å². The van der Waals surface area contributed by atoms with Gasteiger partial charge in [0, 0.05) is 0 Å². The standard InChI is InChI=1S/C10H16O10S5.CH3O2S.Al/c1-21(11,12)6-8(23(3,15)16)10(25(5,19)20)9(24(4,17)18)7-22(2,13)14;1-4(2)3;/h6H,1-5H3;1H3;/q;-1;+1. The molecule has 0 fully saturated rings. The van der Waals surface area contributed by atoms with Crippen molar-refractivity contribution in [1.29, 1.82) is 0 Å². The van der Waals surface area contributed by atoms with Crippen LogP contribution in [0.2, 0.25) is 0 Å². The van der Waals surface area contributed by atoms with Gasteiger partial charge in [-0.05, 0) is 0 Å². The Morgan fingerprint density at radius 1 is 0.633 bits per heavy atom. The van der Waals surface area contributed by atoms with Crippen molar-refractivity contribution >= 4 is 75.1 Å². The van der Waals surface area contributed by atoms with E-state index < -0.39 is 97.7 Å². The average Bonchev–Trinajstić information content (AvgIpc) is 2.39. The Kier molecular flexibility index (Phi) is 9.20. The zero-order chi connectivity index (χ0) is 24.7. The van der Waals surface area contributed by atoms with E-state index in [0.717, 1.165) is 6.26 Å². The van der Waals surface area contributed by atoms with Crippen molar-refractivity contribution < 1.29 is 50.5 Å². The largest absolute Gasteiger partial charge is 0.424 e. The summed E-state index contributed by atoms with van der Waals surface area (Å²) < 4.78 is 137. The Hall–Kier alpha value is -0.288. The zero-order valence-electron chi connectivity index (χ0n) is 16.5. The number of sulfone groups is 5. The summed E-state index contributed by atoms with van der Waals surface area (Å²) in [6, 6.07) is 0. The molecule has 1 heterocycles. The SMILES string of the molecule is CS(=O)(=O)[C]1=C(S(C)(=O)=O)C(S(C)(=O)=O)=C(S(C)(=O)=O)[CH](S(C)(=O)=O)[Al+]1.C[S-](=O)=O. The van der Waals surface area contributed by atoms with E-state index in [1.165, 1.54) is 0 Å². The zero-order valence-corrected chi connectivity index (χ0v) is 22.6. The first kappa shape index (κ1) is 29.7. The molecule has 1 aliphatic heterocycles. The average molecular weight is 563 g/mol. The molecule has 0 aromatic heterocycles. The maximum atomic E-state index is 12.2. The van der Waals surface area contributed by atoms with Gasteiger partial charge in [-0.25, -0.2) is 0 Å². The van der Waals surface area contributed by atoms with Gasteiger partial charge in [0.2, 0.25) is 0 Å². The maximum Gasteiger partial charge on any atom is -0.0787 e. The fraction of sp³-hybridized carbons (Fsp3) is 0.636. The van der Waals surface area contributed by atoms with Crippen LogP contribution in [-0.4, -0.2) is 99.0 Å². The Morgan fingerprint density at radius 2 is 0.967 bits per heavy atom. The molecule has 0 N–H and O–H groups in total. The van der Waals surface area contributed by atoms with E-state index in [0.29, 0.717) is 31.3 Å². The van der Waals surface area contributed by atoms with Crippen LogP contribution >= 0.6 is 0 Å². The van der Waals surface area contributed by atoms with Gasteiger partial charge in [0.1, 0.15) is 0 Å². The molecule has 1 unspecified atom stereocenters. The Bertz CT molecular complexity index is 1390. The van der Waals surface area contributed by atoms with E-state index in [4.69, 9.17) is 8.42 Å². The third kappa shape index (κ3) is 8.00. The monoisotopic (exact) mass is 562 g/mol. The molecular weight excluding hydrogens is 543 g/mol. The van der Waals surface area contributed by atoms with Crippen molar-refractivity contribution in [1.82, 2.24) is 0 Å². The number of rotatable bonds is 5. The van der Waals surface area contributed by atoms with E-state index in [9.17, 15) is 42.1 Å². The Labute approximate surface area is 184 Å². The van der Waals surface area contributed by atoms with Crippen LogP contribution in [0.15, 0.2) is 18.5 Å². The first-order valence-electron chi connectivity index (χ1n) is 7.16. The molecular formula is C11H19AlO12S6. The molecule has 1 rings (SSSR count). The first-order chi connectivity index (χ1) is 12.8. The maximum absolute atomic E-state index is 12.2. The molecule has 0 saturated carbocycles. The van der Waals surface area contributed by atoms with Gasteiger partial charge in [-0.3, -0.25) is 0 Å². The van der Waals surface area contributed by atoms with Crippen LogP contribution in [-0.2, 0) is 68.3 Å². The van der Waals surface area contributed by atoms with Gasteiger partial charge in [0.15, 0.2) is 0 Å². The molecule has 30 heavy (non-hydrogen) atoms. The van der Waals surface area contributed by atoms with Crippen LogP contribution in [0, 0.1) is 0 Å². The molecule has 0 spiro atoms. The topological polar surface area (TPSA) is 205 Å². The van der Waals surface area contributed by atoms with Gasteiger partial charge in [0.25, 0.3) is 0 Å². The summed E-state index contributed by atoms with van der Waals surface area (Å²) in [5.41, 5.74) is 0. The summed E-state index contributed by atoms with van der Waals surface area (Å²) >= 11 is -1.96. The van der Waals surface area contributed by atoms with Crippen LogP contribution in [0.3, 0.4) is 0 Å². The Balaban J connectivity index is 0.00000192. The quantitative estimate of drug-likeness (QED) is 0.253. The smallest absolute Gasteiger partial charge is 0.0787 e. The molecule has 0 aromatic rings. The minimum atomic E-state index is -4.63. The van der Waals surface area contributed by atoms with Crippen LogP contribution < -0.4 is 0 Å². The molecule has 0 aliphatic carbocycles. The molecule has 0 aromatic carbocycles. The Morgan fingerprint density at radius 3 is 1.17 bits per heavy atom. The predicted molar refractivity (Wildman–Crippen MR) is 112 cm³/mol. The summed E-state index contributed by atoms with van der Waals surface area (Å²) in [5.74, 6) is 0. The summed E-state index contributed by atoms with van der Waals surface area (Å²) in [6.45, 7) is 0. The molecule has 0 bridgehead atoms. The first-order valence-corrected chi connectivity index (χ1v) is 19.4. The fourth-order valence-corrected chi connectivity index (χ4v) is 15.8. The van der Waals surface area contributed by atoms with Crippen LogP contribution in [0.4, 0.5) is 0 Å². The van der Waals surface area contributed by atoms with E-state index in [2.05, 4.69) is 0 Å². The van der Waals surface area contributed by atoms with Gasteiger partial charge in [-0.1, -0.05) is 17.0 Å². The van der Waals surface area contributed by atoms with E-state index >= 15 is 0 Å². The molecule has 0 amide bonds. The van der Waals surface area contributed by atoms with Gasteiger partial charge in [-0.15, -0.1) is 0 Å². The number of hydrogen-bond donors (Lipinski definition) is 0. The van der Waals surface area contributed by atoms with Crippen LogP contribution in [0.25, 0.3) is 0 Å². The molecule has 1 aliphatic rings. The van der Waals surface area contributed by atoms with Crippen LogP contribution in [0.1, 0.15) is 0 Å². The number of hydrogen-bond acceptors (Lipinski definition) is 13. The van der Waals surface area contributed by atoms with E-state index in [1.807, 2.05) is 0 Å². The van der Waals surface area contributed by atoms with E-state index in [1.54, 1.807) is 0 Å². The van der Waals surface area contributed by atoms with Crippen molar-refractivity contribution in [3.05, 3.63) is 18.5 Å². The van der Waals surface area contributed by atoms with Gasteiger partial charge < -0.3 is 8.42 Å². The third-order valence-electron chi connectivity index (χ3n) is 3.22. The van der Waals surface area contributed by atoms with Gasteiger partial charge >= 0.3 is 160 Å². The molecule has 1 atom stereocenters. The minimum Gasteiger partial charge on any atom is -0.424 e. The second-order valence-electron chi connectivity index (χ2n) is 6.29. The molecule has 0 radical (unpaired) electrons. The van der Waals surface area contributed by atoms with Crippen molar-refractivity contribution in [2.45, 2.75) is 4.11 Å². The summed E-state index contributed by atoms with van der Waals surface area (Å²) in [4.78, 5) is -3.57. The minimum absolute atomic E-state index is 0.485. The van der Waals surface area contributed by atoms with Gasteiger partial charge in [-0.2, -0.15) is 0 Å². The molecule has 19 heteroatoms. The molecule has 174 valence electrons. The third-order valence-corrected chi connectivity index (χ3v) is 14.8. The second-order valence-corrected chi connectivity index (χ2v) is 19.6. The summed E-state index contributed by atoms with van der Waals surface area (Å²) in [5, 5.41) is 0. The van der Waals surface area contributed by atoms with Crippen molar-refractivity contribution in [2.24, 2.45) is 0 Å². The van der Waals surface area contributed by atoms with Crippen LogP contribution in [0.5, 0.6) is 0 Å². The van der Waals surface area contributed by atoms with Gasteiger partial charge in [0.05, 0.1) is 0 Å².